The van der Waals surface area contributed by atoms with E-state index in [4.69, 9.17) is 4.74 Å². The molecule has 0 heterocycles. The molecule has 160 valence electrons. The van der Waals surface area contributed by atoms with Gasteiger partial charge in [-0.15, -0.1) is 0 Å². The van der Waals surface area contributed by atoms with Crippen LogP contribution in [0.3, 0.4) is 0 Å². The third-order valence-electron chi connectivity index (χ3n) is 5.49. The fourth-order valence-electron chi connectivity index (χ4n) is 3.78. The van der Waals surface area contributed by atoms with Crippen molar-refractivity contribution >= 4 is 17.6 Å². The molecule has 0 aliphatic carbocycles. The lowest BCUT2D eigenvalue weighted by Crippen LogP contribution is -2.28. The van der Waals surface area contributed by atoms with Gasteiger partial charge in [0, 0.05) is 5.57 Å². The highest BCUT2D eigenvalue weighted by Crippen LogP contribution is 2.32. The summed E-state index contributed by atoms with van der Waals surface area (Å²) in [6, 6.07) is 23.8. The standard InChI is InChI=1S/C28H31NO2/c1-19(2)24-18-25(20(3)16-27(24)31-5)21(4)29-28(30)26(23-14-10-7-11-15-23)17-22-12-8-6-9-13-22/h6-19,21H,1-5H3,(H,29,30)/b26-17+/t21-/m1/s1. The molecule has 0 radical (unpaired) electrons. The Morgan fingerprint density at radius 3 is 2.10 bits per heavy atom. The summed E-state index contributed by atoms with van der Waals surface area (Å²) in [5.74, 6) is 1.13. The fraction of sp³-hybridized carbons (Fsp3) is 0.250. The number of benzene rings is 3. The number of hydrogen-bond donors (Lipinski definition) is 1. The lowest BCUT2D eigenvalue weighted by molar-refractivity contribution is -0.116. The quantitative estimate of drug-likeness (QED) is 0.352. The van der Waals surface area contributed by atoms with Gasteiger partial charge in [0.25, 0.3) is 5.91 Å². The van der Waals surface area contributed by atoms with Gasteiger partial charge >= 0.3 is 0 Å². The molecule has 1 N–H and O–H groups in total. The predicted octanol–water partition coefficient (Wildman–Crippen LogP) is 6.55. The molecular weight excluding hydrogens is 382 g/mol. The van der Waals surface area contributed by atoms with Crippen LogP contribution in [-0.4, -0.2) is 13.0 Å². The van der Waals surface area contributed by atoms with Gasteiger partial charge in [0.15, 0.2) is 0 Å². The second kappa shape index (κ2) is 10.1. The van der Waals surface area contributed by atoms with Crippen LogP contribution < -0.4 is 10.1 Å². The van der Waals surface area contributed by atoms with Crippen molar-refractivity contribution in [3.8, 4) is 5.75 Å². The number of rotatable bonds is 7. The molecule has 0 aromatic heterocycles. The number of methoxy groups -OCH3 is 1. The first-order valence-electron chi connectivity index (χ1n) is 10.7. The predicted molar refractivity (Wildman–Crippen MR) is 129 cm³/mol. The van der Waals surface area contributed by atoms with Crippen molar-refractivity contribution in [1.29, 1.82) is 0 Å². The number of aryl methyl sites for hydroxylation is 1. The molecule has 3 rings (SSSR count). The zero-order chi connectivity index (χ0) is 22.4. The molecule has 0 aliphatic rings. The summed E-state index contributed by atoms with van der Waals surface area (Å²) in [4.78, 5) is 13.4. The highest BCUT2D eigenvalue weighted by atomic mass is 16.5. The molecule has 0 unspecified atom stereocenters. The zero-order valence-electron chi connectivity index (χ0n) is 19.0. The highest BCUT2D eigenvalue weighted by molar-refractivity contribution is 6.24. The Labute approximate surface area is 185 Å². The largest absolute Gasteiger partial charge is 0.496 e. The Bertz CT molecular complexity index is 1050. The minimum Gasteiger partial charge on any atom is -0.496 e. The van der Waals surface area contributed by atoms with Gasteiger partial charge in [-0.3, -0.25) is 4.79 Å². The average Bonchev–Trinajstić information content (AvgIpc) is 2.78. The van der Waals surface area contributed by atoms with E-state index < -0.39 is 0 Å². The van der Waals surface area contributed by atoms with Gasteiger partial charge in [-0.05, 0) is 65.8 Å². The van der Waals surface area contributed by atoms with Gasteiger partial charge in [0.1, 0.15) is 5.75 Å². The third kappa shape index (κ3) is 5.43. The number of hydrogen-bond acceptors (Lipinski definition) is 2. The Hall–Kier alpha value is -3.33. The van der Waals surface area contributed by atoms with Crippen LogP contribution in [0.15, 0.2) is 72.8 Å². The fourth-order valence-corrected chi connectivity index (χ4v) is 3.78. The van der Waals surface area contributed by atoms with Crippen molar-refractivity contribution in [3.63, 3.8) is 0 Å². The summed E-state index contributed by atoms with van der Waals surface area (Å²) in [6.07, 6.45) is 1.94. The molecule has 0 spiro atoms. The van der Waals surface area contributed by atoms with Crippen molar-refractivity contribution in [2.24, 2.45) is 0 Å². The van der Waals surface area contributed by atoms with Crippen LogP contribution >= 0.6 is 0 Å². The van der Waals surface area contributed by atoms with Crippen LogP contribution in [0.1, 0.15) is 60.5 Å². The molecule has 3 aromatic rings. The lowest BCUT2D eigenvalue weighted by atomic mass is 9.93. The van der Waals surface area contributed by atoms with Crippen molar-refractivity contribution in [1.82, 2.24) is 5.32 Å². The van der Waals surface area contributed by atoms with Crippen LogP contribution in [0, 0.1) is 6.92 Å². The topological polar surface area (TPSA) is 38.3 Å². The molecule has 1 atom stereocenters. The van der Waals surface area contributed by atoms with Crippen molar-refractivity contribution in [2.45, 2.75) is 39.7 Å². The molecule has 31 heavy (non-hydrogen) atoms. The summed E-state index contributed by atoms with van der Waals surface area (Å²) in [7, 11) is 1.70. The molecular formula is C28H31NO2. The first-order valence-corrected chi connectivity index (χ1v) is 10.7. The normalized spacial score (nSPS) is 12.5. The number of carbonyl (C=O) groups is 1. The van der Waals surface area contributed by atoms with E-state index in [0.717, 1.165) is 33.6 Å². The van der Waals surface area contributed by atoms with Gasteiger partial charge in [0.05, 0.1) is 13.2 Å². The van der Waals surface area contributed by atoms with Gasteiger partial charge in [-0.2, -0.15) is 0 Å². The van der Waals surface area contributed by atoms with Crippen LogP contribution in [-0.2, 0) is 4.79 Å². The van der Waals surface area contributed by atoms with E-state index in [9.17, 15) is 4.79 Å². The summed E-state index contributed by atoms with van der Waals surface area (Å²) in [5.41, 5.74) is 5.88. The van der Waals surface area contributed by atoms with Crippen LogP contribution in [0.5, 0.6) is 5.75 Å². The zero-order valence-corrected chi connectivity index (χ0v) is 19.0. The maximum Gasteiger partial charge on any atom is 0.252 e. The summed E-state index contributed by atoms with van der Waals surface area (Å²) >= 11 is 0. The van der Waals surface area contributed by atoms with Crippen LogP contribution in [0.4, 0.5) is 0 Å². The summed E-state index contributed by atoms with van der Waals surface area (Å²) in [6.45, 7) is 8.39. The minimum atomic E-state index is -0.140. The second-order valence-corrected chi connectivity index (χ2v) is 8.14. The van der Waals surface area contributed by atoms with Gasteiger partial charge < -0.3 is 10.1 Å². The Morgan fingerprint density at radius 2 is 1.52 bits per heavy atom. The Morgan fingerprint density at radius 1 is 0.903 bits per heavy atom. The monoisotopic (exact) mass is 413 g/mol. The van der Waals surface area contributed by atoms with E-state index in [1.165, 1.54) is 0 Å². The van der Waals surface area contributed by atoms with E-state index >= 15 is 0 Å². The molecule has 3 heteroatoms. The average molecular weight is 414 g/mol. The van der Waals surface area contributed by atoms with Crippen LogP contribution in [0.2, 0.25) is 0 Å². The van der Waals surface area contributed by atoms with E-state index in [2.05, 4.69) is 38.2 Å². The van der Waals surface area contributed by atoms with E-state index in [1.807, 2.05) is 73.7 Å². The van der Waals surface area contributed by atoms with E-state index in [0.29, 0.717) is 11.5 Å². The minimum absolute atomic E-state index is 0.0936. The van der Waals surface area contributed by atoms with Crippen molar-refractivity contribution in [3.05, 3.63) is 101 Å². The Balaban J connectivity index is 1.94. The number of nitrogens with one attached hydrogen (secondary N) is 1. The Kier molecular flexibility index (Phi) is 7.30. The smallest absolute Gasteiger partial charge is 0.252 e. The maximum absolute atomic E-state index is 13.4. The summed E-state index contributed by atoms with van der Waals surface area (Å²) in [5, 5.41) is 3.21. The lowest BCUT2D eigenvalue weighted by Gasteiger charge is -2.21. The number of amides is 1. The molecule has 3 nitrogen and oxygen atoms in total. The van der Waals surface area contributed by atoms with Gasteiger partial charge in [-0.1, -0.05) is 74.5 Å². The molecule has 0 saturated carbocycles. The van der Waals surface area contributed by atoms with E-state index in [1.54, 1.807) is 7.11 Å². The summed E-state index contributed by atoms with van der Waals surface area (Å²) < 4.78 is 5.57. The molecule has 0 aliphatic heterocycles. The maximum atomic E-state index is 13.4. The van der Waals surface area contributed by atoms with Crippen LogP contribution in [0.25, 0.3) is 11.6 Å². The first-order chi connectivity index (χ1) is 14.9. The van der Waals surface area contributed by atoms with E-state index in [-0.39, 0.29) is 11.9 Å². The molecule has 0 fully saturated rings. The molecule has 0 saturated heterocycles. The first kappa shape index (κ1) is 22.4. The highest BCUT2D eigenvalue weighted by Gasteiger charge is 2.19. The third-order valence-corrected chi connectivity index (χ3v) is 5.49. The second-order valence-electron chi connectivity index (χ2n) is 8.14. The molecule has 1 amide bonds. The van der Waals surface area contributed by atoms with Gasteiger partial charge in [0.2, 0.25) is 0 Å². The van der Waals surface area contributed by atoms with Crippen molar-refractivity contribution < 1.29 is 9.53 Å². The number of ether oxygens (including phenoxy) is 1. The van der Waals surface area contributed by atoms with Gasteiger partial charge in [-0.25, -0.2) is 0 Å². The molecule has 0 bridgehead atoms. The number of carbonyl (C=O) groups excluding carboxylic acids is 1. The SMILES string of the molecule is COc1cc(C)c([C@@H](C)NC(=O)/C(=C/c2ccccc2)c2ccccc2)cc1C(C)C. The van der Waals surface area contributed by atoms with Crippen molar-refractivity contribution in [2.75, 3.05) is 7.11 Å². The molecule has 3 aromatic carbocycles.